The van der Waals surface area contributed by atoms with Crippen LogP contribution in [0.15, 0.2) is 53.3 Å². The molecule has 0 aliphatic carbocycles. The van der Waals surface area contributed by atoms with Crippen LogP contribution in [0.4, 0.5) is 5.69 Å². The number of amides is 1. The number of anilines is 1. The smallest absolute Gasteiger partial charge is 0.340 e. The molecule has 2 aromatic heterocycles. The highest BCUT2D eigenvalue weighted by Crippen LogP contribution is 2.32. The fourth-order valence-electron chi connectivity index (χ4n) is 3.33. The van der Waals surface area contributed by atoms with Crippen LogP contribution in [0.1, 0.15) is 38.3 Å². The van der Waals surface area contributed by atoms with Crippen LogP contribution in [-0.2, 0) is 17.8 Å². The maximum atomic E-state index is 12.8. The van der Waals surface area contributed by atoms with Crippen molar-refractivity contribution in [1.82, 2.24) is 14.6 Å². The minimum atomic E-state index is -0.665. The Kier molecular flexibility index (Phi) is 5.68. The highest BCUT2D eigenvalue weighted by molar-refractivity contribution is 7.16. The lowest BCUT2D eigenvalue weighted by Crippen LogP contribution is -2.18. The topological polar surface area (TPSA) is 121 Å². The molecule has 5 rings (SSSR count). The summed E-state index contributed by atoms with van der Waals surface area (Å²) in [6.45, 7) is 1.84. The van der Waals surface area contributed by atoms with Gasteiger partial charge in [-0.25, -0.2) is 9.78 Å². The first kappa shape index (κ1) is 21.6. The largest absolute Gasteiger partial charge is 0.456 e. The second kappa shape index (κ2) is 8.94. The fraction of sp³-hybridized carbons (Fsp3) is 0.174. The Hall–Kier alpha value is -4.25. The van der Waals surface area contributed by atoms with Gasteiger partial charge in [-0.05, 0) is 36.8 Å². The maximum absolute atomic E-state index is 12.8. The molecule has 0 atom stereocenters. The third-order valence-corrected chi connectivity index (χ3v) is 6.08. The highest BCUT2D eigenvalue weighted by Gasteiger charge is 2.19. The molecule has 1 aliphatic heterocycles. The van der Waals surface area contributed by atoms with Crippen LogP contribution in [0.2, 0.25) is 0 Å². The summed E-state index contributed by atoms with van der Waals surface area (Å²) < 4.78 is 17.2. The van der Waals surface area contributed by atoms with E-state index in [0.29, 0.717) is 34.1 Å². The number of para-hydroxylation sites is 1. The zero-order valence-electron chi connectivity index (χ0n) is 17.9. The number of benzene rings is 2. The summed E-state index contributed by atoms with van der Waals surface area (Å²) in [5.41, 5.74) is 0.769. The Morgan fingerprint density at radius 2 is 1.97 bits per heavy atom. The SMILES string of the molecule is CCc1nn2c(=O)cc(COC(=O)c3ccccc3NC(=O)c3ccc4c(c3)OCO4)nc2s1. The number of nitrogens with one attached hydrogen (secondary N) is 1. The number of hydrogen-bond acceptors (Lipinski definition) is 9. The van der Waals surface area contributed by atoms with Crippen LogP contribution < -0.4 is 20.3 Å². The summed E-state index contributed by atoms with van der Waals surface area (Å²) >= 11 is 1.31. The van der Waals surface area contributed by atoms with Crippen LogP contribution >= 0.6 is 11.3 Å². The van der Waals surface area contributed by atoms with E-state index in [9.17, 15) is 14.4 Å². The lowest BCUT2D eigenvalue weighted by atomic mass is 10.1. The van der Waals surface area contributed by atoms with Crippen LogP contribution in [-0.4, -0.2) is 33.3 Å². The molecule has 0 spiro atoms. The third kappa shape index (κ3) is 4.20. The number of rotatable bonds is 6. The van der Waals surface area contributed by atoms with E-state index in [0.717, 1.165) is 5.01 Å². The summed E-state index contributed by atoms with van der Waals surface area (Å²) in [5, 5.41) is 7.71. The molecule has 1 aliphatic rings. The van der Waals surface area contributed by atoms with Gasteiger partial charge < -0.3 is 19.5 Å². The first-order valence-corrected chi connectivity index (χ1v) is 11.2. The molecule has 0 radical (unpaired) electrons. The number of aromatic nitrogens is 3. The van der Waals surface area contributed by atoms with Crippen LogP contribution in [0, 0.1) is 0 Å². The number of fused-ring (bicyclic) bond motifs is 2. The molecular weight excluding hydrogens is 460 g/mol. The molecule has 0 fully saturated rings. The van der Waals surface area contributed by atoms with Crippen molar-refractivity contribution in [2.75, 3.05) is 12.1 Å². The Bertz CT molecular complexity index is 1480. The van der Waals surface area contributed by atoms with Gasteiger partial charge in [0.2, 0.25) is 11.8 Å². The van der Waals surface area contributed by atoms with E-state index in [1.165, 1.54) is 21.9 Å². The lowest BCUT2D eigenvalue weighted by Gasteiger charge is -2.11. The van der Waals surface area contributed by atoms with Gasteiger partial charge in [0.05, 0.1) is 16.9 Å². The summed E-state index contributed by atoms with van der Waals surface area (Å²) in [6, 6.07) is 12.6. The zero-order chi connectivity index (χ0) is 23.7. The van der Waals surface area contributed by atoms with Gasteiger partial charge in [-0.1, -0.05) is 30.4 Å². The molecule has 3 heterocycles. The van der Waals surface area contributed by atoms with Gasteiger partial charge in [0, 0.05) is 11.6 Å². The Labute approximate surface area is 196 Å². The molecule has 0 unspecified atom stereocenters. The molecule has 2 aromatic carbocycles. The van der Waals surface area contributed by atoms with Gasteiger partial charge in [-0.3, -0.25) is 9.59 Å². The molecule has 0 saturated carbocycles. The van der Waals surface area contributed by atoms with Crippen molar-refractivity contribution in [2.45, 2.75) is 20.0 Å². The Morgan fingerprint density at radius 1 is 1.15 bits per heavy atom. The minimum absolute atomic E-state index is 0.103. The Balaban J connectivity index is 1.31. The number of hydrogen-bond donors (Lipinski definition) is 1. The van der Waals surface area contributed by atoms with E-state index >= 15 is 0 Å². The van der Waals surface area contributed by atoms with Crippen LogP contribution in [0.25, 0.3) is 4.96 Å². The van der Waals surface area contributed by atoms with Crippen LogP contribution in [0.5, 0.6) is 11.5 Å². The monoisotopic (exact) mass is 478 g/mol. The van der Waals surface area contributed by atoms with Gasteiger partial charge >= 0.3 is 5.97 Å². The van der Waals surface area contributed by atoms with Gasteiger partial charge in [0.25, 0.3) is 11.5 Å². The van der Waals surface area contributed by atoms with Crippen molar-refractivity contribution in [3.8, 4) is 11.5 Å². The lowest BCUT2D eigenvalue weighted by molar-refractivity contribution is 0.0469. The number of esters is 1. The molecule has 1 amide bonds. The molecular formula is C23H18N4O6S. The van der Waals surface area contributed by atoms with Crippen molar-refractivity contribution in [1.29, 1.82) is 0 Å². The molecule has 0 saturated heterocycles. The molecule has 10 nitrogen and oxygen atoms in total. The second-order valence-electron chi connectivity index (χ2n) is 7.27. The number of aryl methyl sites for hydroxylation is 1. The van der Waals surface area contributed by atoms with Crippen molar-refractivity contribution >= 4 is 33.9 Å². The molecule has 1 N–H and O–H groups in total. The predicted octanol–water partition coefficient (Wildman–Crippen LogP) is 3.05. The van der Waals surface area contributed by atoms with E-state index in [-0.39, 0.29) is 30.2 Å². The van der Waals surface area contributed by atoms with Crippen molar-refractivity contribution in [3.63, 3.8) is 0 Å². The molecule has 172 valence electrons. The summed E-state index contributed by atoms with van der Waals surface area (Å²) in [4.78, 5) is 42.6. The number of carbonyl (C=O) groups excluding carboxylic acids is 2. The van der Waals surface area contributed by atoms with E-state index in [4.69, 9.17) is 14.2 Å². The molecule has 11 heteroatoms. The first-order chi connectivity index (χ1) is 16.5. The molecule has 0 bridgehead atoms. The fourth-order valence-corrected chi connectivity index (χ4v) is 4.19. The van der Waals surface area contributed by atoms with Gasteiger partial charge in [-0.15, -0.1) is 0 Å². The van der Waals surface area contributed by atoms with Crippen molar-refractivity contribution in [2.24, 2.45) is 0 Å². The summed E-state index contributed by atoms with van der Waals surface area (Å²) in [5.74, 6) is -0.0401. The van der Waals surface area contributed by atoms with Crippen molar-refractivity contribution < 1.29 is 23.8 Å². The first-order valence-electron chi connectivity index (χ1n) is 10.4. The van der Waals surface area contributed by atoms with Crippen molar-refractivity contribution in [3.05, 3.63) is 80.7 Å². The molecule has 4 aromatic rings. The second-order valence-corrected chi connectivity index (χ2v) is 8.31. The van der Waals surface area contributed by atoms with E-state index in [2.05, 4.69) is 15.4 Å². The molecule has 34 heavy (non-hydrogen) atoms. The number of ether oxygens (including phenoxy) is 3. The number of nitrogens with zero attached hydrogens (tertiary/aromatic N) is 3. The van der Waals surface area contributed by atoms with Gasteiger partial charge in [0.1, 0.15) is 11.6 Å². The normalized spacial score (nSPS) is 12.0. The van der Waals surface area contributed by atoms with Gasteiger partial charge in [0.15, 0.2) is 11.5 Å². The number of carbonyl (C=O) groups is 2. The average Bonchev–Trinajstić information content (AvgIpc) is 3.49. The zero-order valence-corrected chi connectivity index (χ0v) is 18.8. The standard InChI is InChI=1S/C23H18N4O6S/c1-2-19-26-27-20(28)10-14(24-23(27)34-19)11-31-22(30)15-5-3-4-6-16(15)25-21(29)13-7-8-17-18(9-13)33-12-32-17/h3-10H,2,11-12H2,1H3,(H,25,29). The maximum Gasteiger partial charge on any atom is 0.340 e. The average molecular weight is 478 g/mol. The third-order valence-electron chi connectivity index (χ3n) is 5.02. The summed E-state index contributed by atoms with van der Waals surface area (Å²) in [6.07, 6.45) is 0.687. The highest BCUT2D eigenvalue weighted by atomic mass is 32.1. The quantitative estimate of drug-likeness (QED) is 0.420. The van der Waals surface area contributed by atoms with E-state index in [1.807, 2.05) is 6.92 Å². The van der Waals surface area contributed by atoms with E-state index in [1.54, 1.807) is 42.5 Å². The summed E-state index contributed by atoms with van der Waals surface area (Å²) in [7, 11) is 0. The minimum Gasteiger partial charge on any atom is -0.456 e. The van der Waals surface area contributed by atoms with Crippen LogP contribution in [0.3, 0.4) is 0 Å². The van der Waals surface area contributed by atoms with E-state index < -0.39 is 11.9 Å². The Morgan fingerprint density at radius 3 is 2.82 bits per heavy atom. The van der Waals surface area contributed by atoms with Gasteiger partial charge in [-0.2, -0.15) is 9.61 Å². The predicted molar refractivity (Wildman–Crippen MR) is 123 cm³/mol.